The number of rotatable bonds is 2. The van der Waals surface area contributed by atoms with Gasteiger partial charge >= 0.3 is 5.69 Å². The topological polar surface area (TPSA) is 80.9 Å². The van der Waals surface area contributed by atoms with Gasteiger partial charge < -0.3 is 5.73 Å². The number of anilines is 1. The second-order valence-electron chi connectivity index (χ2n) is 4.66. The molecule has 0 amide bonds. The van der Waals surface area contributed by atoms with E-state index < -0.39 is 0 Å². The second-order valence-corrected chi connectivity index (χ2v) is 5.92. The molecule has 2 aromatic heterocycles. The van der Waals surface area contributed by atoms with Gasteiger partial charge in [-0.05, 0) is 30.7 Å². The number of nitrogens with zero attached hydrogens (tertiary/aromatic N) is 1. The first kappa shape index (κ1) is 12.7. The van der Waals surface area contributed by atoms with Crippen molar-refractivity contribution in [3.63, 3.8) is 0 Å². The maximum atomic E-state index is 12.4. The van der Waals surface area contributed by atoms with E-state index in [4.69, 9.17) is 5.73 Å². The number of hydrogen-bond acceptors (Lipinski definition) is 4. The lowest BCUT2D eigenvalue weighted by atomic mass is 10.2. The molecule has 3 N–H and O–H groups in total. The monoisotopic (exact) mass is 287 g/mol. The predicted molar refractivity (Wildman–Crippen MR) is 81.4 cm³/mol. The normalized spacial score (nSPS) is 11.1. The van der Waals surface area contributed by atoms with E-state index >= 15 is 0 Å². The molecule has 0 saturated carbocycles. The fraction of sp³-hybridized carbons (Fsp3) is 0.143. The number of nitrogens with one attached hydrogen (secondary N) is 1. The molecule has 2 heterocycles. The summed E-state index contributed by atoms with van der Waals surface area (Å²) in [5.41, 5.74) is 6.49. The lowest BCUT2D eigenvalue weighted by Gasteiger charge is -2.05. The first-order chi connectivity index (χ1) is 9.54. The number of aromatic nitrogens is 2. The van der Waals surface area contributed by atoms with Gasteiger partial charge in [0.05, 0.1) is 11.9 Å². The summed E-state index contributed by atoms with van der Waals surface area (Å²) >= 11 is 1.41. The van der Waals surface area contributed by atoms with E-state index in [0.717, 1.165) is 10.4 Å². The number of aromatic amines is 1. The van der Waals surface area contributed by atoms with Crippen molar-refractivity contribution in [2.45, 2.75) is 13.5 Å². The number of fused-ring (bicyclic) bond motifs is 1. The average Bonchev–Trinajstić information content (AvgIpc) is 2.77. The molecule has 102 valence electrons. The molecule has 0 aliphatic carbocycles. The van der Waals surface area contributed by atoms with Crippen LogP contribution in [-0.4, -0.2) is 9.55 Å². The van der Waals surface area contributed by atoms with Gasteiger partial charge in [0, 0.05) is 10.6 Å². The van der Waals surface area contributed by atoms with Gasteiger partial charge in [0.2, 0.25) is 0 Å². The smallest absolute Gasteiger partial charge is 0.329 e. The number of nitrogen functional groups attached to an aromatic ring is 1. The highest BCUT2D eigenvalue weighted by Crippen LogP contribution is 2.18. The number of nitrogens with two attached hydrogens (primary N) is 1. The van der Waals surface area contributed by atoms with Gasteiger partial charge in [0.15, 0.2) is 0 Å². The molecule has 0 unspecified atom stereocenters. The highest BCUT2D eigenvalue weighted by Gasteiger charge is 2.10. The van der Waals surface area contributed by atoms with E-state index in [2.05, 4.69) is 4.98 Å². The largest absolute Gasteiger partial charge is 0.399 e. The van der Waals surface area contributed by atoms with E-state index in [-0.39, 0.29) is 17.8 Å². The molecule has 0 aliphatic rings. The highest BCUT2D eigenvalue weighted by atomic mass is 32.1. The first-order valence-electron chi connectivity index (χ1n) is 6.12. The molecule has 0 spiro atoms. The van der Waals surface area contributed by atoms with Crippen LogP contribution in [0.2, 0.25) is 0 Å². The van der Waals surface area contributed by atoms with E-state index in [0.29, 0.717) is 15.9 Å². The highest BCUT2D eigenvalue weighted by molar-refractivity contribution is 7.18. The van der Waals surface area contributed by atoms with E-state index in [1.54, 1.807) is 18.2 Å². The van der Waals surface area contributed by atoms with Crippen LogP contribution in [0.5, 0.6) is 0 Å². The molecule has 0 saturated heterocycles. The number of aryl methyl sites for hydroxylation is 1. The van der Waals surface area contributed by atoms with Crippen molar-refractivity contribution in [3.05, 3.63) is 61.6 Å². The van der Waals surface area contributed by atoms with Crippen molar-refractivity contribution in [2.24, 2.45) is 0 Å². The summed E-state index contributed by atoms with van der Waals surface area (Å²) in [6, 6.07) is 8.93. The number of thiophene rings is 1. The van der Waals surface area contributed by atoms with Crippen molar-refractivity contribution in [2.75, 3.05) is 5.73 Å². The van der Waals surface area contributed by atoms with Gasteiger partial charge in [-0.2, -0.15) is 0 Å². The Morgan fingerprint density at radius 1 is 1.25 bits per heavy atom. The lowest BCUT2D eigenvalue weighted by molar-refractivity contribution is 0.713. The third-order valence-electron chi connectivity index (χ3n) is 3.12. The molecule has 3 aromatic rings. The van der Waals surface area contributed by atoms with Crippen LogP contribution < -0.4 is 17.0 Å². The van der Waals surface area contributed by atoms with Crippen molar-refractivity contribution in [1.29, 1.82) is 0 Å². The zero-order valence-corrected chi connectivity index (χ0v) is 11.7. The summed E-state index contributed by atoms with van der Waals surface area (Å²) in [6.07, 6.45) is 0. The van der Waals surface area contributed by atoms with Crippen LogP contribution in [0.15, 0.2) is 39.9 Å². The maximum absolute atomic E-state index is 12.4. The lowest BCUT2D eigenvalue weighted by Crippen LogP contribution is -2.34. The minimum Gasteiger partial charge on any atom is -0.399 e. The Bertz CT molecular complexity index is 887. The standard InChI is InChI=1S/C14H13N3O2S/c1-8-6-11-12(20-8)16-14(19)17(13(11)18)7-9-2-4-10(15)5-3-9/h2-6H,7,15H2,1H3,(H,16,19). The van der Waals surface area contributed by atoms with E-state index in [1.807, 2.05) is 19.1 Å². The van der Waals surface area contributed by atoms with E-state index in [1.165, 1.54) is 15.9 Å². The van der Waals surface area contributed by atoms with Crippen LogP contribution in [-0.2, 0) is 6.54 Å². The summed E-state index contributed by atoms with van der Waals surface area (Å²) in [6.45, 7) is 2.14. The third-order valence-corrected chi connectivity index (χ3v) is 4.08. The molecular formula is C14H13N3O2S. The van der Waals surface area contributed by atoms with Crippen molar-refractivity contribution >= 4 is 27.2 Å². The summed E-state index contributed by atoms with van der Waals surface area (Å²) in [4.78, 5) is 28.8. The molecular weight excluding hydrogens is 274 g/mol. The zero-order valence-electron chi connectivity index (χ0n) is 10.8. The fourth-order valence-corrected chi connectivity index (χ4v) is 3.01. The maximum Gasteiger partial charge on any atom is 0.329 e. The summed E-state index contributed by atoms with van der Waals surface area (Å²) in [7, 11) is 0. The number of benzene rings is 1. The van der Waals surface area contributed by atoms with Gasteiger partial charge in [0.1, 0.15) is 4.83 Å². The van der Waals surface area contributed by atoms with Gasteiger partial charge in [-0.15, -0.1) is 11.3 Å². The Labute approximate surface area is 118 Å². The third kappa shape index (κ3) is 2.14. The van der Waals surface area contributed by atoms with Crippen LogP contribution in [0.3, 0.4) is 0 Å². The molecule has 0 atom stereocenters. The van der Waals surface area contributed by atoms with Crippen molar-refractivity contribution in [1.82, 2.24) is 9.55 Å². The minimum absolute atomic E-state index is 0.235. The summed E-state index contributed by atoms with van der Waals surface area (Å²) in [5, 5.41) is 0.558. The van der Waals surface area contributed by atoms with Crippen LogP contribution in [0.4, 0.5) is 5.69 Å². The Kier molecular flexibility index (Phi) is 2.94. The first-order valence-corrected chi connectivity index (χ1v) is 6.94. The van der Waals surface area contributed by atoms with Crippen molar-refractivity contribution < 1.29 is 0 Å². The molecule has 3 rings (SSSR count). The summed E-state index contributed by atoms with van der Waals surface area (Å²) in [5.74, 6) is 0. The van der Waals surface area contributed by atoms with Gasteiger partial charge in [-0.1, -0.05) is 12.1 Å². The predicted octanol–water partition coefficient (Wildman–Crippen LogP) is 1.69. The molecule has 1 aromatic carbocycles. The van der Waals surface area contributed by atoms with Crippen LogP contribution in [0, 0.1) is 6.92 Å². The Morgan fingerprint density at radius 2 is 1.95 bits per heavy atom. The van der Waals surface area contributed by atoms with Crippen LogP contribution >= 0.6 is 11.3 Å². The van der Waals surface area contributed by atoms with Crippen molar-refractivity contribution in [3.8, 4) is 0 Å². The van der Waals surface area contributed by atoms with Crippen LogP contribution in [0.25, 0.3) is 10.2 Å². The molecule has 5 nitrogen and oxygen atoms in total. The SMILES string of the molecule is Cc1cc2c(=O)n(Cc3ccc(N)cc3)c(=O)[nH]c2s1. The van der Waals surface area contributed by atoms with Gasteiger partial charge in [-0.3, -0.25) is 14.3 Å². The quantitative estimate of drug-likeness (QED) is 0.704. The summed E-state index contributed by atoms with van der Waals surface area (Å²) < 4.78 is 1.21. The second kappa shape index (κ2) is 4.64. The molecule has 0 fully saturated rings. The Hall–Kier alpha value is -2.34. The molecule has 6 heteroatoms. The minimum atomic E-state index is -0.388. The van der Waals surface area contributed by atoms with Gasteiger partial charge in [-0.25, -0.2) is 4.79 Å². The number of hydrogen-bond donors (Lipinski definition) is 2. The zero-order chi connectivity index (χ0) is 14.3. The van der Waals surface area contributed by atoms with E-state index in [9.17, 15) is 9.59 Å². The Morgan fingerprint density at radius 3 is 2.65 bits per heavy atom. The Balaban J connectivity index is 2.13. The molecule has 0 bridgehead atoms. The number of H-pyrrole nitrogens is 1. The average molecular weight is 287 g/mol. The van der Waals surface area contributed by atoms with Crippen LogP contribution in [0.1, 0.15) is 10.4 Å². The molecule has 20 heavy (non-hydrogen) atoms. The van der Waals surface area contributed by atoms with Gasteiger partial charge in [0.25, 0.3) is 5.56 Å². The molecule has 0 aliphatic heterocycles. The molecule has 0 radical (unpaired) electrons. The fourth-order valence-electron chi connectivity index (χ4n) is 2.12.